The number of rotatable bonds is 2. The van der Waals surface area contributed by atoms with Crippen molar-refractivity contribution in [2.75, 3.05) is 5.73 Å². The topological polar surface area (TPSA) is 35.2 Å². The second-order valence-electron chi connectivity index (χ2n) is 3.08. The second-order valence-corrected chi connectivity index (χ2v) is 3.08. The molecule has 2 N–H and O–H groups in total. The lowest BCUT2D eigenvalue weighted by Crippen LogP contribution is -2.04. The summed E-state index contributed by atoms with van der Waals surface area (Å²) in [7, 11) is 0. The van der Waals surface area contributed by atoms with Crippen molar-refractivity contribution in [2.24, 2.45) is 0 Å². The molecule has 0 bridgehead atoms. The molecule has 0 aliphatic heterocycles. The molecule has 0 saturated carbocycles. The fraction of sp³-hybridized carbons (Fsp3) is 0.231. The first-order valence-electron chi connectivity index (χ1n) is 5.40. The van der Waals surface area contributed by atoms with E-state index < -0.39 is 6.61 Å². The van der Waals surface area contributed by atoms with Gasteiger partial charge in [-0.2, -0.15) is 8.78 Å². The summed E-state index contributed by atoms with van der Waals surface area (Å²) >= 11 is 0. The van der Waals surface area contributed by atoms with Gasteiger partial charge in [-0.25, -0.2) is 0 Å². The Hall–Kier alpha value is -1.84. The maximum Gasteiger partial charge on any atom is 0.387 e. The lowest BCUT2D eigenvalue weighted by molar-refractivity contribution is -0.0492. The SMILES string of the molecule is CC.Nc1c(OC(F)F)ccc2ccccc12. The Kier molecular flexibility index (Phi) is 4.69. The van der Waals surface area contributed by atoms with Crippen LogP contribution in [0.4, 0.5) is 14.5 Å². The molecule has 92 valence electrons. The van der Waals surface area contributed by atoms with Crippen molar-refractivity contribution < 1.29 is 13.5 Å². The van der Waals surface area contributed by atoms with E-state index in [1.54, 1.807) is 18.2 Å². The van der Waals surface area contributed by atoms with Crippen molar-refractivity contribution in [1.82, 2.24) is 0 Å². The Morgan fingerprint density at radius 3 is 2.35 bits per heavy atom. The van der Waals surface area contributed by atoms with Crippen molar-refractivity contribution >= 4 is 16.5 Å². The first-order chi connectivity index (χ1) is 8.18. The molecule has 0 radical (unpaired) electrons. The summed E-state index contributed by atoms with van der Waals surface area (Å²) in [4.78, 5) is 0. The lowest BCUT2D eigenvalue weighted by atomic mass is 10.1. The number of nitrogen functional groups attached to an aromatic ring is 1. The Bertz CT molecular complexity index is 486. The van der Waals surface area contributed by atoms with E-state index in [1.165, 1.54) is 6.07 Å². The van der Waals surface area contributed by atoms with Gasteiger partial charge >= 0.3 is 6.61 Å². The average Bonchev–Trinajstić information content (AvgIpc) is 2.35. The standard InChI is InChI=1S/C11H9F2NO.C2H6/c12-11(13)15-9-6-5-7-3-1-2-4-8(7)10(9)14;1-2/h1-6,11H,14H2;1-2H3. The molecule has 0 spiro atoms. The van der Waals surface area contributed by atoms with Crippen LogP contribution in [-0.4, -0.2) is 6.61 Å². The van der Waals surface area contributed by atoms with Crippen LogP contribution in [0, 0.1) is 0 Å². The van der Waals surface area contributed by atoms with Gasteiger partial charge < -0.3 is 10.5 Å². The van der Waals surface area contributed by atoms with Gasteiger partial charge in [0.25, 0.3) is 0 Å². The summed E-state index contributed by atoms with van der Waals surface area (Å²) in [6.45, 7) is 1.15. The second kappa shape index (κ2) is 6.03. The van der Waals surface area contributed by atoms with Gasteiger partial charge in [-0.05, 0) is 11.5 Å². The van der Waals surface area contributed by atoms with Gasteiger partial charge in [0.05, 0.1) is 5.69 Å². The fourth-order valence-corrected chi connectivity index (χ4v) is 1.47. The molecule has 17 heavy (non-hydrogen) atoms. The molecule has 2 rings (SSSR count). The lowest BCUT2D eigenvalue weighted by Gasteiger charge is -2.09. The first-order valence-corrected chi connectivity index (χ1v) is 5.40. The van der Waals surface area contributed by atoms with Crippen molar-refractivity contribution in [2.45, 2.75) is 20.5 Å². The number of hydrogen-bond donors (Lipinski definition) is 1. The molecule has 0 aliphatic carbocycles. The van der Waals surface area contributed by atoms with E-state index in [4.69, 9.17) is 5.73 Å². The number of anilines is 1. The molecule has 0 fully saturated rings. The Morgan fingerprint density at radius 2 is 1.71 bits per heavy atom. The molecule has 0 heterocycles. The van der Waals surface area contributed by atoms with E-state index >= 15 is 0 Å². The highest BCUT2D eigenvalue weighted by Gasteiger charge is 2.09. The van der Waals surface area contributed by atoms with Crippen molar-refractivity contribution in [3.05, 3.63) is 36.4 Å². The minimum absolute atomic E-state index is 0.0173. The zero-order chi connectivity index (χ0) is 12.8. The van der Waals surface area contributed by atoms with Crippen molar-refractivity contribution in [3.63, 3.8) is 0 Å². The van der Waals surface area contributed by atoms with E-state index in [0.717, 1.165) is 10.8 Å². The van der Waals surface area contributed by atoms with Crippen molar-refractivity contribution in [3.8, 4) is 5.75 Å². The highest BCUT2D eigenvalue weighted by atomic mass is 19.3. The molecule has 0 amide bonds. The highest BCUT2D eigenvalue weighted by Crippen LogP contribution is 2.31. The number of hydrogen-bond acceptors (Lipinski definition) is 2. The normalized spacial score (nSPS) is 9.94. The van der Waals surface area contributed by atoms with E-state index in [9.17, 15) is 8.78 Å². The summed E-state index contributed by atoms with van der Waals surface area (Å²) in [5.74, 6) is 0.0173. The van der Waals surface area contributed by atoms with Gasteiger partial charge in [0.1, 0.15) is 5.75 Å². The third-order valence-corrected chi connectivity index (χ3v) is 2.15. The van der Waals surface area contributed by atoms with E-state index in [1.807, 2.05) is 26.0 Å². The maximum atomic E-state index is 12.0. The van der Waals surface area contributed by atoms with Crippen LogP contribution in [0.3, 0.4) is 0 Å². The van der Waals surface area contributed by atoms with Crippen LogP contribution in [0.25, 0.3) is 10.8 Å². The predicted molar refractivity (Wildman–Crippen MR) is 66.3 cm³/mol. The first kappa shape index (κ1) is 13.2. The van der Waals surface area contributed by atoms with Crippen molar-refractivity contribution in [1.29, 1.82) is 0 Å². The maximum absolute atomic E-state index is 12.0. The monoisotopic (exact) mass is 239 g/mol. The molecular weight excluding hydrogens is 224 g/mol. The van der Waals surface area contributed by atoms with Gasteiger partial charge in [-0.3, -0.25) is 0 Å². The van der Waals surface area contributed by atoms with Crippen LogP contribution >= 0.6 is 0 Å². The van der Waals surface area contributed by atoms with E-state index in [-0.39, 0.29) is 11.4 Å². The average molecular weight is 239 g/mol. The largest absolute Gasteiger partial charge is 0.433 e. The Labute approximate surface area is 99.0 Å². The molecular formula is C13H15F2NO. The number of ether oxygens (including phenoxy) is 1. The molecule has 0 aromatic heterocycles. The van der Waals surface area contributed by atoms with Crippen LogP contribution in [0.15, 0.2) is 36.4 Å². The van der Waals surface area contributed by atoms with Crippen LogP contribution in [0.5, 0.6) is 5.75 Å². The number of halogens is 2. The summed E-state index contributed by atoms with van der Waals surface area (Å²) in [6.07, 6.45) is 0. The van der Waals surface area contributed by atoms with Gasteiger partial charge in [-0.1, -0.05) is 44.2 Å². The smallest absolute Gasteiger partial charge is 0.387 e. The molecule has 2 aromatic carbocycles. The zero-order valence-electron chi connectivity index (χ0n) is 9.78. The number of benzene rings is 2. The fourth-order valence-electron chi connectivity index (χ4n) is 1.47. The number of alkyl halides is 2. The van der Waals surface area contributed by atoms with E-state index in [2.05, 4.69) is 4.74 Å². The van der Waals surface area contributed by atoms with Crippen LogP contribution in [-0.2, 0) is 0 Å². The van der Waals surface area contributed by atoms with Gasteiger partial charge in [0, 0.05) is 5.39 Å². The Morgan fingerprint density at radius 1 is 1.06 bits per heavy atom. The molecule has 2 nitrogen and oxygen atoms in total. The molecule has 0 saturated heterocycles. The third kappa shape index (κ3) is 3.06. The quantitative estimate of drug-likeness (QED) is 0.802. The Balaban J connectivity index is 0.000000686. The molecule has 4 heteroatoms. The minimum Gasteiger partial charge on any atom is -0.433 e. The third-order valence-electron chi connectivity index (χ3n) is 2.15. The molecule has 0 atom stereocenters. The zero-order valence-corrected chi connectivity index (χ0v) is 9.78. The molecule has 2 aromatic rings. The van der Waals surface area contributed by atoms with Gasteiger partial charge in [0.15, 0.2) is 0 Å². The van der Waals surface area contributed by atoms with E-state index in [0.29, 0.717) is 0 Å². The van der Waals surface area contributed by atoms with Crippen LogP contribution in [0.1, 0.15) is 13.8 Å². The molecule has 0 aliphatic rings. The minimum atomic E-state index is -2.85. The van der Waals surface area contributed by atoms with Crippen LogP contribution in [0.2, 0.25) is 0 Å². The summed E-state index contributed by atoms with van der Waals surface area (Å²) in [5, 5.41) is 1.62. The summed E-state index contributed by atoms with van der Waals surface area (Å²) in [5.41, 5.74) is 5.95. The number of fused-ring (bicyclic) bond motifs is 1. The summed E-state index contributed by atoms with van der Waals surface area (Å²) in [6, 6.07) is 10.4. The van der Waals surface area contributed by atoms with Gasteiger partial charge in [0.2, 0.25) is 0 Å². The summed E-state index contributed by atoms with van der Waals surface area (Å²) < 4.78 is 28.3. The van der Waals surface area contributed by atoms with Gasteiger partial charge in [-0.15, -0.1) is 0 Å². The molecule has 0 unspecified atom stereocenters. The predicted octanol–water partition coefficient (Wildman–Crippen LogP) is 4.05. The number of nitrogens with two attached hydrogens (primary N) is 1. The van der Waals surface area contributed by atoms with Crippen LogP contribution < -0.4 is 10.5 Å². The highest BCUT2D eigenvalue weighted by molar-refractivity contribution is 5.95.